The number of nitrogens with zero attached hydrogens (tertiary/aromatic N) is 1. The summed E-state index contributed by atoms with van der Waals surface area (Å²) in [5.41, 5.74) is 0. The zero-order chi connectivity index (χ0) is 11.6. The molecule has 1 fully saturated rings. The highest BCUT2D eigenvalue weighted by Gasteiger charge is 2.19. The van der Waals surface area contributed by atoms with Crippen LogP contribution in [-0.4, -0.2) is 62.0 Å². The Kier molecular flexibility index (Phi) is 7.76. The van der Waals surface area contributed by atoms with Crippen molar-refractivity contribution in [3.05, 3.63) is 0 Å². The standard InChI is InChI=1S/C12H26N2O2/c1-2-6-14(7-9-16-10-8-15)12-4-3-5-13-11-12/h12-13,15H,2-11H2,1H3. The molecule has 0 bridgehead atoms. The topological polar surface area (TPSA) is 44.7 Å². The molecule has 4 nitrogen and oxygen atoms in total. The molecule has 0 saturated carbocycles. The molecule has 0 radical (unpaired) electrons. The van der Waals surface area contributed by atoms with E-state index in [4.69, 9.17) is 9.84 Å². The molecule has 4 heteroatoms. The fraction of sp³-hybridized carbons (Fsp3) is 1.00. The summed E-state index contributed by atoms with van der Waals surface area (Å²) in [5, 5.41) is 12.1. The lowest BCUT2D eigenvalue weighted by Crippen LogP contribution is -2.47. The minimum Gasteiger partial charge on any atom is -0.394 e. The van der Waals surface area contributed by atoms with Crippen LogP contribution >= 0.6 is 0 Å². The van der Waals surface area contributed by atoms with Gasteiger partial charge in [-0.15, -0.1) is 0 Å². The van der Waals surface area contributed by atoms with Gasteiger partial charge in [0.05, 0.1) is 19.8 Å². The number of aliphatic hydroxyl groups excluding tert-OH is 1. The summed E-state index contributed by atoms with van der Waals surface area (Å²) in [4.78, 5) is 2.52. The molecule has 1 rings (SSSR count). The van der Waals surface area contributed by atoms with Gasteiger partial charge < -0.3 is 15.2 Å². The Morgan fingerprint density at radius 3 is 2.88 bits per heavy atom. The third-order valence-electron chi connectivity index (χ3n) is 3.06. The van der Waals surface area contributed by atoms with Gasteiger partial charge in [-0.2, -0.15) is 0 Å². The number of piperidine rings is 1. The summed E-state index contributed by atoms with van der Waals surface area (Å²) in [7, 11) is 0. The Bertz CT molecular complexity index is 161. The van der Waals surface area contributed by atoms with Crippen molar-refractivity contribution in [2.24, 2.45) is 0 Å². The second-order valence-corrected chi connectivity index (χ2v) is 4.37. The number of hydrogen-bond donors (Lipinski definition) is 2. The van der Waals surface area contributed by atoms with Crippen LogP contribution in [0.2, 0.25) is 0 Å². The van der Waals surface area contributed by atoms with Crippen LogP contribution in [0.25, 0.3) is 0 Å². The largest absolute Gasteiger partial charge is 0.394 e. The van der Waals surface area contributed by atoms with Crippen molar-refractivity contribution in [1.29, 1.82) is 0 Å². The summed E-state index contributed by atoms with van der Waals surface area (Å²) in [6.07, 6.45) is 3.77. The van der Waals surface area contributed by atoms with Crippen LogP contribution in [-0.2, 0) is 4.74 Å². The van der Waals surface area contributed by atoms with Gasteiger partial charge in [0.1, 0.15) is 0 Å². The summed E-state index contributed by atoms with van der Waals surface area (Å²) in [6.45, 7) is 7.95. The van der Waals surface area contributed by atoms with Gasteiger partial charge in [-0.1, -0.05) is 6.92 Å². The van der Waals surface area contributed by atoms with Gasteiger partial charge >= 0.3 is 0 Å². The van der Waals surface area contributed by atoms with Crippen molar-refractivity contribution in [1.82, 2.24) is 10.2 Å². The average Bonchev–Trinajstić information content (AvgIpc) is 2.34. The highest BCUT2D eigenvalue weighted by molar-refractivity contribution is 4.78. The number of rotatable bonds is 8. The molecule has 0 amide bonds. The van der Waals surface area contributed by atoms with Gasteiger partial charge in [0.15, 0.2) is 0 Å². The number of ether oxygens (including phenoxy) is 1. The van der Waals surface area contributed by atoms with Crippen LogP contribution in [0.5, 0.6) is 0 Å². The van der Waals surface area contributed by atoms with E-state index in [1.807, 2.05) is 0 Å². The molecule has 1 aliphatic rings. The summed E-state index contributed by atoms with van der Waals surface area (Å²) >= 11 is 0. The first-order valence-electron chi connectivity index (χ1n) is 6.51. The van der Waals surface area contributed by atoms with Gasteiger partial charge in [-0.3, -0.25) is 4.90 Å². The highest BCUT2D eigenvalue weighted by Crippen LogP contribution is 2.10. The Morgan fingerprint density at radius 1 is 1.38 bits per heavy atom. The average molecular weight is 230 g/mol. The second-order valence-electron chi connectivity index (χ2n) is 4.37. The first kappa shape index (κ1) is 13.9. The van der Waals surface area contributed by atoms with Crippen LogP contribution in [0.4, 0.5) is 0 Å². The summed E-state index contributed by atoms with van der Waals surface area (Å²) in [5.74, 6) is 0. The van der Waals surface area contributed by atoms with Crippen molar-refractivity contribution < 1.29 is 9.84 Å². The molecule has 0 aromatic rings. The molecule has 0 aromatic carbocycles. The highest BCUT2D eigenvalue weighted by atomic mass is 16.5. The van der Waals surface area contributed by atoms with Gasteiger partial charge in [-0.25, -0.2) is 0 Å². The Morgan fingerprint density at radius 2 is 2.25 bits per heavy atom. The predicted octanol–water partition coefficient (Wildman–Crippen LogP) is 0.459. The van der Waals surface area contributed by atoms with Gasteiger partial charge in [0.25, 0.3) is 0 Å². The SMILES string of the molecule is CCCN(CCOCCO)C1CCCNC1. The lowest BCUT2D eigenvalue weighted by atomic mass is 10.1. The van der Waals surface area contributed by atoms with Crippen molar-refractivity contribution in [2.75, 3.05) is 46.0 Å². The van der Waals surface area contributed by atoms with Crippen molar-refractivity contribution in [2.45, 2.75) is 32.2 Å². The van der Waals surface area contributed by atoms with E-state index in [1.54, 1.807) is 0 Å². The third kappa shape index (κ3) is 5.25. The van der Waals surface area contributed by atoms with E-state index >= 15 is 0 Å². The lowest BCUT2D eigenvalue weighted by molar-refractivity contribution is 0.0588. The normalized spacial score (nSPS) is 21.6. The molecule has 2 N–H and O–H groups in total. The van der Waals surface area contributed by atoms with Crippen molar-refractivity contribution >= 4 is 0 Å². The molecule has 0 spiro atoms. The van der Waals surface area contributed by atoms with Crippen LogP contribution in [0.1, 0.15) is 26.2 Å². The number of hydrogen-bond acceptors (Lipinski definition) is 4. The van der Waals surface area contributed by atoms with Crippen molar-refractivity contribution in [3.8, 4) is 0 Å². The maximum atomic E-state index is 8.63. The molecule has 1 unspecified atom stereocenters. The maximum absolute atomic E-state index is 8.63. The predicted molar refractivity (Wildman–Crippen MR) is 65.7 cm³/mol. The lowest BCUT2D eigenvalue weighted by Gasteiger charge is -2.34. The zero-order valence-corrected chi connectivity index (χ0v) is 10.5. The van der Waals surface area contributed by atoms with Gasteiger partial charge in [0.2, 0.25) is 0 Å². The quantitative estimate of drug-likeness (QED) is 0.595. The molecule has 1 aliphatic heterocycles. The van der Waals surface area contributed by atoms with E-state index in [0.717, 1.165) is 32.8 Å². The van der Waals surface area contributed by atoms with E-state index in [0.29, 0.717) is 12.6 Å². The molecular weight excluding hydrogens is 204 g/mol. The molecule has 1 saturated heterocycles. The van der Waals surface area contributed by atoms with E-state index < -0.39 is 0 Å². The Labute approximate surface area is 99.0 Å². The maximum Gasteiger partial charge on any atom is 0.0698 e. The van der Waals surface area contributed by atoms with E-state index in [1.165, 1.54) is 19.3 Å². The number of aliphatic hydroxyl groups is 1. The molecule has 0 aliphatic carbocycles. The van der Waals surface area contributed by atoms with Gasteiger partial charge in [-0.05, 0) is 32.4 Å². The Hall–Kier alpha value is -0.160. The van der Waals surface area contributed by atoms with Crippen molar-refractivity contribution in [3.63, 3.8) is 0 Å². The molecule has 1 heterocycles. The second kappa shape index (κ2) is 8.93. The monoisotopic (exact) mass is 230 g/mol. The van der Waals surface area contributed by atoms with Crippen LogP contribution in [0.3, 0.4) is 0 Å². The van der Waals surface area contributed by atoms with E-state index in [-0.39, 0.29) is 6.61 Å². The summed E-state index contributed by atoms with van der Waals surface area (Å²) < 4.78 is 5.34. The zero-order valence-electron chi connectivity index (χ0n) is 10.5. The molecule has 1 atom stereocenters. The molecular formula is C12H26N2O2. The summed E-state index contributed by atoms with van der Waals surface area (Å²) in [6, 6.07) is 0.673. The molecule has 96 valence electrons. The smallest absolute Gasteiger partial charge is 0.0698 e. The first-order valence-corrected chi connectivity index (χ1v) is 6.51. The third-order valence-corrected chi connectivity index (χ3v) is 3.06. The fourth-order valence-electron chi connectivity index (χ4n) is 2.26. The van der Waals surface area contributed by atoms with E-state index in [2.05, 4.69) is 17.1 Å². The first-order chi connectivity index (χ1) is 7.88. The molecule has 16 heavy (non-hydrogen) atoms. The van der Waals surface area contributed by atoms with Crippen LogP contribution in [0, 0.1) is 0 Å². The Balaban J connectivity index is 2.22. The van der Waals surface area contributed by atoms with Crippen LogP contribution < -0.4 is 5.32 Å². The minimum absolute atomic E-state index is 0.124. The fourth-order valence-corrected chi connectivity index (χ4v) is 2.26. The van der Waals surface area contributed by atoms with E-state index in [9.17, 15) is 0 Å². The molecule has 0 aromatic heterocycles. The number of nitrogens with one attached hydrogen (secondary N) is 1. The van der Waals surface area contributed by atoms with Crippen LogP contribution in [0.15, 0.2) is 0 Å². The minimum atomic E-state index is 0.124. The van der Waals surface area contributed by atoms with Gasteiger partial charge in [0, 0.05) is 19.1 Å².